The molecule has 6 N–H and O–H groups in total. The van der Waals surface area contributed by atoms with Crippen LogP contribution in [-0.2, 0) is 4.79 Å². The highest BCUT2D eigenvalue weighted by molar-refractivity contribution is 5.98. The molecule has 3 rings (SSSR count). The van der Waals surface area contributed by atoms with E-state index < -0.39 is 5.91 Å². The summed E-state index contributed by atoms with van der Waals surface area (Å²) in [5.74, 6) is 5.92. The number of amidine groups is 1. The van der Waals surface area contributed by atoms with E-state index in [0.29, 0.717) is 22.8 Å². The third-order valence-electron chi connectivity index (χ3n) is 4.00. The number of carbonyl (C=O) groups excluding carboxylic acids is 1. The van der Waals surface area contributed by atoms with Gasteiger partial charge in [-0.2, -0.15) is 0 Å². The van der Waals surface area contributed by atoms with Gasteiger partial charge < -0.3 is 16.2 Å². The number of rotatable bonds is 7. The first-order chi connectivity index (χ1) is 14.3. The standard InChI is InChI=1S/C21H21FN6O2/c1-13-10-15(21(24)27-28(25)12-20(23)29)11-19(26-13)14-2-6-17(7-3-14)30-18-8-4-16(22)5-9-18/h2-11H,12,25H2,1H3,(H2,23,29)(H2,24,27). The Morgan fingerprint density at radius 2 is 1.67 bits per heavy atom. The average Bonchev–Trinajstić information content (AvgIpc) is 2.69. The van der Waals surface area contributed by atoms with Gasteiger partial charge in [0.1, 0.15) is 23.9 Å². The van der Waals surface area contributed by atoms with Crippen molar-refractivity contribution in [2.24, 2.45) is 22.4 Å². The van der Waals surface area contributed by atoms with E-state index in [9.17, 15) is 9.18 Å². The number of amides is 1. The highest BCUT2D eigenvalue weighted by Gasteiger charge is 2.09. The topological polar surface area (TPSA) is 133 Å². The number of nitrogens with zero attached hydrogens (tertiary/aromatic N) is 3. The molecule has 8 nitrogen and oxygen atoms in total. The van der Waals surface area contributed by atoms with Crippen LogP contribution in [0.3, 0.4) is 0 Å². The molecule has 0 radical (unpaired) electrons. The fraction of sp³-hybridized carbons (Fsp3) is 0.0952. The van der Waals surface area contributed by atoms with Gasteiger partial charge in [-0.05, 0) is 67.6 Å². The average molecular weight is 408 g/mol. The number of aryl methyl sites for hydroxylation is 1. The summed E-state index contributed by atoms with van der Waals surface area (Å²) in [5.41, 5.74) is 13.9. The highest BCUT2D eigenvalue weighted by atomic mass is 19.1. The van der Waals surface area contributed by atoms with Crippen molar-refractivity contribution in [2.45, 2.75) is 6.92 Å². The van der Waals surface area contributed by atoms with E-state index in [-0.39, 0.29) is 18.2 Å². The van der Waals surface area contributed by atoms with Crippen molar-refractivity contribution in [1.82, 2.24) is 10.1 Å². The maximum Gasteiger partial charge on any atom is 0.240 e. The second kappa shape index (κ2) is 9.01. The summed E-state index contributed by atoms with van der Waals surface area (Å²) in [6, 6.07) is 16.6. The first-order valence-electron chi connectivity index (χ1n) is 8.97. The van der Waals surface area contributed by atoms with E-state index in [1.165, 1.54) is 12.1 Å². The minimum Gasteiger partial charge on any atom is -0.457 e. The zero-order valence-electron chi connectivity index (χ0n) is 16.2. The van der Waals surface area contributed by atoms with Crippen molar-refractivity contribution >= 4 is 11.7 Å². The van der Waals surface area contributed by atoms with Crippen LogP contribution in [0, 0.1) is 12.7 Å². The van der Waals surface area contributed by atoms with Crippen LogP contribution in [0.2, 0.25) is 0 Å². The molecule has 0 bridgehead atoms. The Hall–Kier alpha value is -3.98. The van der Waals surface area contributed by atoms with E-state index >= 15 is 0 Å². The first kappa shape index (κ1) is 20.7. The zero-order chi connectivity index (χ0) is 21.7. The molecule has 0 spiro atoms. The van der Waals surface area contributed by atoms with E-state index in [0.717, 1.165) is 16.4 Å². The summed E-state index contributed by atoms with van der Waals surface area (Å²) in [6.07, 6.45) is 0. The van der Waals surface area contributed by atoms with Gasteiger partial charge in [-0.15, -0.1) is 5.10 Å². The van der Waals surface area contributed by atoms with Gasteiger partial charge in [-0.3, -0.25) is 9.78 Å². The normalized spacial score (nSPS) is 11.2. The lowest BCUT2D eigenvalue weighted by Crippen LogP contribution is -2.36. The molecule has 154 valence electrons. The number of primary amides is 1. The van der Waals surface area contributed by atoms with E-state index in [2.05, 4.69) is 10.1 Å². The molecule has 0 saturated heterocycles. The number of hydrogen-bond donors (Lipinski definition) is 3. The predicted octanol–water partition coefficient (Wildman–Crippen LogP) is 2.27. The molecule has 1 heterocycles. The van der Waals surface area contributed by atoms with Crippen LogP contribution in [0.25, 0.3) is 11.3 Å². The number of carbonyl (C=O) groups is 1. The van der Waals surface area contributed by atoms with Gasteiger partial charge >= 0.3 is 0 Å². The SMILES string of the molecule is Cc1cc(/C(N)=N/N(N)CC(N)=O)cc(-c2ccc(Oc3ccc(F)cc3)cc2)n1. The molecule has 9 heteroatoms. The molecule has 0 aliphatic rings. The van der Waals surface area contributed by atoms with Crippen LogP contribution in [0.4, 0.5) is 4.39 Å². The summed E-state index contributed by atoms with van der Waals surface area (Å²) >= 11 is 0. The molecule has 0 unspecified atom stereocenters. The summed E-state index contributed by atoms with van der Waals surface area (Å²) in [6.45, 7) is 1.57. The van der Waals surface area contributed by atoms with Crippen molar-refractivity contribution in [3.63, 3.8) is 0 Å². The second-order valence-electron chi connectivity index (χ2n) is 6.51. The Balaban J connectivity index is 1.81. The Morgan fingerprint density at radius 1 is 1.07 bits per heavy atom. The Labute approximate surface area is 172 Å². The number of hydrazine groups is 1. The van der Waals surface area contributed by atoms with Gasteiger partial charge in [0.15, 0.2) is 5.84 Å². The van der Waals surface area contributed by atoms with E-state index in [1.54, 1.807) is 36.4 Å². The van der Waals surface area contributed by atoms with Crippen molar-refractivity contribution in [2.75, 3.05) is 6.54 Å². The minimum atomic E-state index is -0.622. The van der Waals surface area contributed by atoms with Crippen LogP contribution in [0.15, 0.2) is 65.8 Å². The predicted molar refractivity (Wildman–Crippen MR) is 112 cm³/mol. The van der Waals surface area contributed by atoms with Gasteiger partial charge in [0, 0.05) is 16.8 Å². The number of ether oxygens (including phenoxy) is 1. The third-order valence-corrected chi connectivity index (χ3v) is 4.00. The number of halogens is 1. The smallest absolute Gasteiger partial charge is 0.240 e. The molecule has 0 fully saturated rings. The zero-order valence-corrected chi connectivity index (χ0v) is 16.2. The van der Waals surface area contributed by atoms with Crippen LogP contribution in [-0.4, -0.2) is 28.4 Å². The van der Waals surface area contributed by atoms with E-state index in [4.69, 9.17) is 22.0 Å². The lowest BCUT2D eigenvalue weighted by atomic mass is 10.1. The maximum atomic E-state index is 13.0. The molecule has 0 aliphatic carbocycles. The molecule has 30 heavy (non-hydrogen) atoms. The summed E-state index contributed by atoms with van der Waals surface area (Å²) in [5, 5.41) is 4.84. The van der Waals surface area contributed by atoms with Crippen LogP contribution in [0.5, 0.6) is 11.5 Å². The molecule has 0 aliphatic heterocycles. The number of hydrazone groups is 1. The number of benzene rings is 2. The lowest BCUT2D eigenvalue weighted by molar-refractivity contribution is -0.119. The summed E-state index contributed by atoms with van der Waals surface area (Å²) in [4.78, 5) is 15.5. The van der Waals surface area contributed by atoms with Crippen LogP contribution >= 0.6 is 0 Å². The fourth-order valence-electron chi connectivity index (χ4n) is 2.69. The van der Waals surface area contributed by atoms with Gasteiger partial charge in [0.05, 0.1) is 5.69 Å². The van der Waals surface area contributed by atoms with Gasteiger partial charge in [-0.25, -0.2) is 15.4 Å². The quantitative estimate of drug-likeness (QED) is 0.238. The number of pyridine rings is 1. The molecule has 0 atom stereocenters. The highest BCUT2D eigenvalue weighted by Crippen LogP contribution is 2.26. The van der Waals surface area contributed by atoms with Gasteiger partial charge in [0.25, 0.3) is 0 Å². The molecule has 0 saturated carbocycles. The van der Waals surface area contributed by atoms with Gasteiger partial charge in [0.2, 0.25) is 5.91 Å². The monoisotopic (exact) mass is 408 g/mol. The molecular formula is C21H21FN6O2. The Kier molecular flexibility index (Phi) is 6.23. The largest absolute Gasteiger partial charge is 0.457 e. The molecule has 2 aromatic carbocycles. The molecular weight excluding hydrogens is 387 g/mol. The minimum absolute atomic E-state index is 0.127. The Morgan fingerprint density at radius 3 is 2.27 bits per heavy atom. The summed E-state index contributed by atoms with van der Waals surface area (Å²) in [7, 11) is 0. The van der Waals surface area contributed by atoms with Crippen molar-refractivity contribution in [1.29, 1.82) is 0 Å². The molecule has 1 aromatic heterocycles. The Bertz CT molecular complexity index is 1070. The third kappa shape index (κ3) is 5.52. The van der Waals surface area contributed by atoms with E-state index in [1.807, 2.05) is 19.1 Å². The van der Waals surface area contributed by atoms with Crippen molar-refractivity contribution in [3.8, 4) is 22.8 Å². The molecule has 1 amide bonds. The van der Waals surface area contributed by atoms with Crippen molar-refractivity contribution in [3.05, 3.63) is 77.7 Å². The van der Waals surface area contributed by atoms with Crippen LogP contribution in [0.1, 0.15) is 11.3 Å². The molecule has 3 aromatic rings. The van der Waals surface area contributed by atoms with Crippen molar-refractivity contribution < 1.29 is 13.9 Å². The van der Waals surface area contributed by atoms with Gasteiger partial charge in [-0.1, -0.05) is 0 Å². The van der Waals surface area contributed by atoms with Crippen LogP contribution < -0.4 is 22.0 Å². The maximum absolute atomic E-state index is 13.0. The summed E-state index contributed by atoms with van der Waals surface area (Å²) < 4.78 is 18.7. The second-order valence-corrected chi connectivity index (χ2v) is 6.51. The number of hydrogen-bond acceptors (Lipinski definition) is 6. The lowest BCUT2D eigenvalue weighted by Gasteiger charge is -2.12. The number of nitrogens with two attached hydrogens (primary N) is 3. The number of aromatic nitrogens is 1. The first-order valence-corrected chi connectivity index (χ1v) is 8.97. The fourth-order valence-corrected chi connectivity index (χ4v) is 2.69.